The first-order valence-corrected chi connectivity index (χ1v) is 5.64. The number of carbonyl (C=O) groups is 1. The molecule has 0 aliphatic carbocycles. The molecule has 8 nitrogen and oxygen atoms in total. The maximum absolute atomic E-state index is 11.5. The molecular formula is C12H13N3O5. The molecule has 8 heteroatoms. The van der Waals surface area contributed by atoms with Crippen molar-refractivity contribution in [3.05, 3.63) is 28.7 Å². The molecule has 106 valence electrons. The fraction of sp³-hybridized carbons (Fsp3) is 0.250. The zero-order valence-corrected chi connectivity index (χ0v) is 11.0. The summed E-state index contributed by atoms with van der Waals surface area (Å²) in [6.07, 6.45) is 0. The maximum atomic E-state index is 11.5. The number of carbonyl (C=O) groups excluding carboxylic acids is 1. The van der Waals surface area contributed by atoms with E-state index in [0.29, 0.717) is 17.1 Å². The van der Waals surface area contributed by atoms with Crippen LogP contribution in [0.1, 0.15) is 0 Å². The van der Waals surface area contributed by atoms with E-state index in [2.05, 4.69) is 9.68 Å². The number of benzene rings is 1. The number of methoxy groups -OCH3 is 2. The van der Waals surface area contributed by atoms with E-state index in [0.717, 1.165) is 4.57 Å². The zero-order valence-electron chi connectivity index (χ0n) is 11.0. The summed E-state index contributed by atoms with van der Waals surface area (Å²) in [6.45, 7) is -0.313. The maximum Gasteiger partial charge on any atom is 0.442 e. The van der Waals surface area contributed by atoms with Gasteiger partial charge in [-0.2, -0.15) is 0 Å². The summed E-state index contributed by atoms with van der Waals surface area (Å²) >= 11 is 0. The van der Waals surface area contributed by atoms with Crippen LogP contribution in [0.5, 0.6) is 11.5 Å². The van der Waals surface area contributed by atoms with Crippen LogP contribution in [0.15, 0.2) is 27.5 Å². The summed E-state index contributed by atoms with van der Waals surface area (Å²) in [4.78, 5) is 22.5. The Bertz CT molecular complexity index is 689. The van der Waals surface area contributed by atoms with Gasteiger partial charge in [0.25, 0.3) is 0 Å². The third-order valence-electron chi connectivity index (χ3n) is 2.64. The van der Waals surface area contributed by atoms with Gasteiger partial charge in [0.05, 0.1) is 14.2 Å². The number of amides is 1. The van der Waals surface area contributed by atoms with Crippen molar-refractivity contribution in [1.82, 2.24) is 9.72 Å². The average molecular weight is 279 g/mol. The van der Waals surface area contributed by atoms with Gasteiger partial charge in [0.2, 0.25) is 5.91 Å². The number of nitrogens with two attached hydrogens (primary N) is 1. The second-order valence-electron chi connectivity index (χ2n) is 3.89. The number of hydrogen-bond acceptors (Lipinski definition) is 6. The van der Waals surface area contributed by atoms with Crippen molar-refractivity contribution >= 4 is 5.91 Å². The van der Waals surface area contributed by atoms with E-state index >= 15 is 0 Å². The van der Waals surface area contributed by atoms with E-state index < -0.39 is 11.7 Å². The Labute approximate surface area is 113 Å². The number of rotatable bonds is 5. The van der Waals surface area contributed by atoms with E-state index in [9.17, 15) is 9.59 Å². The molecule has 0 spiro atoms. The topological polar surface area (TPSA) is 110 Å². The molecule has 20 heavy (non-hydrogen) atoms. The molecule has 0 saturated heterocycles. The molecule has 1 amide bonds. The fourth-order valence-corrected chi connectivity index (χ4v) is 1.75. The molecule has 1 heterocycles. The van der Waals surface area contributed by atoms with Gasteiger partial charge in [-0.25, -0.2) is 9.36 Å². The normalized spacial score (nSPS) is 10.3. The smallest absolute Gasteiger partial charge is 0.442 e. The first-order chi connectivity index (χ1) is 9.56. The van der Waals surface area contributed by atoms with Crippen LogP contribution < -0.4 is 21.0 Å². The predicted octanol–water partition coefficient (Wildman–Crippen LogP) is 0.00580. The van der Waals surface area contributed by atoms with Gasteiger partial charge in [0, 0.05) is 5.56 Å². The molecule has 0 aliphatic heterocycles. The molecule has 2 N–H and O–H groups in total. The van der Waals surface area contributed by atoms with E-state index in [1.165, 1.54) is 14.2 Å². The summed E-state index contributed by atoms with van der Waals surface area (Å²) in [5.41, 5.74) is 5.63. The van der Waals surface area contributed by atoms with Crippen LogP contribution in [0.4, 0.5) is 0 Å². The van der Waals surface area contributed by atoms with Crippen LogP contribution in [0.2, 0.25) is 0 Å². The van der Waals surface area contributed by atoms with Gasteiger partial charge >= 0.3 is 5.76 Å². The van der Waals surface area contributed by atoms with Crippen molar-refractivity contribution < 1.29 is 18.8 Å². The van der Waals surface area contributed by atoms with Crippen molar-refractivity contribution in [2.45, 2.75) is 6.54 Å². The van der Waals surface area contributed by atoms with E-state index in [1.54, 1.807) is 18.2 Å². The lowest BCUT2D eigenvalue weighted by Gasteiger charge is -2.09. The summed E-state index contributed by atoms with van der Waals surface area (Å²) in [5, 5.41) is 3.64. The predicted molar refractivity (Wildman–Crippen MR) is 68.5 cm³/mol. The molecular weight excluding hydrogens is 266 g/mol. The summed E-state index contributed by atoms with van der Waals surface area (Å²) in [6, 6.07) is 4.94. The monoisotopic (exact) mass is 279 g/mol. The minimum atomic E-state index is -0.756. The van der Waals surface area contributed by atoms with E-state index in [4.69, 9.17) is 15.2 Å². The number of primary amides is 1. The highest BCUT2D eigenvalue weighted by atomic mass is 16.5. The molecule has 0 radical (unpaired) electrons. The van der Waals surface area contributed by atoms with Gasteiger partial charge in [-0.15, -0.1) is 0 Å². The first kappa shape index (κ1) is 13.7. The Balaban J connectivity index is 2.52. The molecule has 0 atom stereocenters. The largest absolute Gasteiger partial charge is 0.493 e. The standard InChI is InChI=1S/C12H13N3O5/c1-18-8-4-3-7(5-9(8)19-2)11-14-20-12(17)15(11)6-10(13)16/h3-5H,6H2,1-2H3,(H2,13,16). The molecule has 2 aromatic rings. The van der Waals surface area contributed by atoms with Gasteiger partial charge in [-0.05, 0) is 18.2 Å². The molecule has 0 saturated carbocycles. The summed E-state index contributed by atoms with van der Waals surface area (Å²) < 4.78 is 15.9. The van der Waals surface area contributed by atoms with Crippen LogP contribution in [-0.2, 0) is 11.3 Å². The highest BCUT2D eigenvalue weighted by Crippen LogP contribution is 2.31. The summed E-state index contributed by atoms with van der Waals surface area (Å²) in [5.74, 6) is -0.241. The number of ether oxygens (including phenoxy) is 2. The van der Waals surface area contributed by atoms with Gasteiger partial charge < -0.3 is 15.2 Å². The minimum Gasteiger partial charge on any atom is -0.493 e. The highest BCUT2D eigenvalue weighted by Gasteiger charge is 2.16. The van der Waals surface area contributed by atoms with Gasteiger partial charge in [0.1, 0.15) is 6.54 Å². The number of nitrogens with zero attached hydrogens (tertiary/aromatic N) is 2. The van der Waals surface area contributed by atoms with Crippen molar-refractivity contribution in [1.29, 1.82) is 0 Å². The lowest BCUT2D eigenvalue weighted by molar-refractivity contribution is -0.118. The van der Waals surface area contributed by atoms with Gasteiger partial charge in [-0.3, -0.25) is 9.32 Å². The quantitative estimate of drug-likeness (QED) is 0.825. The second kappa shape index (κ2) is 5.47. The Morgan fingerprint density at radius 1 is 1.35 bits per heavy atom. The molecule has 0 bridgehead atoms. The number of aromatic nitrogens is 2. The molecule has 0 fully saturated rings. The Kier molecular flexibility index (Phi) is 3.74. The van der Waals surface area contributed by atoms with E-state index in [-0.39, 0.29) is 12.4 Å². The SMILES string of the molecule is COc1ccc(-c2noc(=O)n2CC(N)=O)cc1OC. The third-order valence-corrected chi connectivity index (χ3v) is 2.64. The first-order valence-electron chi connectivity index (χ1n) is 5.64. The molecule has 2 rings (SSSR count). The molecule has 0 aliphatic rings. The van der Waals surface area contributed by atoms with Crippen LogP contribution >= 0.6 is 0 Å². The zero-order chi connectivity index (χ0) is 14.7. The Morgan fingerprint density at radius 3 is 2.65 bits per heavy atom. The van der Waals surface area contributed by atoms with E-state index in [1.807, 2.05) is 0 Å². The van der Waals surface area contributed by atoms with Gasteiger partial charge in [-0.1, -0.05) is 5.16 Å². The molecule has 1 aromatic carbocycles. The van der Waals surface area contributed by atoms with Crippen molar-refractivity contribution in [2.75, 3.05) is 14.2 Å². The van der Waals surface area contributed by atoms with Crippen LogP contribution in [0.25, 0.3) is 11.4 Å². The Morgan fingerprint density at radius 2 is 2.05 bits per heavy atom. The van der Waals surface area contributed by atoms with Crippen LogP contribution in [0.3, 0.4) is 0 Å². The molecule has 0 unspecified atom stereocenters. The minimum absolute atomic E-state index is 0.190. The highest BCUT2D eigenvalue weighted by molar-refractivity contribution is 5.74. The van der Waals surface area contributed by atoms with Crippen LogP contribution in [-0.4, -0.2) is 29.9 Å². The van der Waals surface area contributed by atoms with Crippen molar-refractivity contribution in [3.8, 4) is 22.9 Å². The fourth-order valence-electron chi connectivity index (χ4n) is 1.75. The van der Waals surface area contributed by atoms with Crippen LogP contribution in [0, 0.1) is 0 Å². The average Bonchev–Trinajstić information content (AvgIpc) is 2.79. The lowest BCUT2D eigenvalue weighted by atomic mass is 10.2. The molecule has 1 aromatic heterocycles. The number of hydrogen-bond donors (Lipinski definition) is 1. The van der Waals surface area contributed by atoms with Crippen molar-refractivity contribution in [3.63, 3.8) is 0 Å². The Hall–Kier alpha value is -2.77. The lowest BCUT2D eigenvalue weighted by Crippen LogP contribution is -2.25. The van der Waals surface area contributed by atoms with Gasteiger partial charge in [0.15, 0.2) is 17.3 Å². The second-order valence-corrected chi connectivity index (χ2v) is 3.89. The van der Waals surface area contributed by atoms with Crippen molar-refractivity contribution in [2.24, 2.45) is 5.73 Å². The third kappa shape index (κ3) is 2.48. The summed E-state index contributed by atoms with van der Waals surface area (Å²) in [7, 11) is 3.00.